The highest BCUT2D eigenvalue weighted by atomic mass is 35.5. The quantitative estimate of drug-likeness (QED) is 0.458. The van der Waals surface area contributed by atoms with Crippen LogP contribution in [0.4, 0.5) is 5.69 Å². The molecular weight excluding hydrogens is 459 g/mol. The molecule has 0 radical (unpaired) electrons. The number of carbonyl (C=O) groups is 1. The molecule has 1 atom stereocenters. The highest BCUT2D eigenvalue weighted by molar-refractivity contribution is 6.37. The van der Waals surface area contributed by atoms with Gasteiger partial charge in [0.1, 0.15) is 11.5 Å². The molecule has 0 saturated carbocycles. The number of halogens is 3. The fourth-order valence-electron chi connectivity index (χ4n) is 3.65. The van der Waals surface area contributed by atoms with E-state index in [4.69, 9.17) is 32.7 Å². The van der Waals surface area contributed by atoms with E-state index in [0.717, 1.165) is 37.2 Å². The van der Waals surface area contributed by atoms with Gasteiger partial charge in [-0.15, -0.1) is 12.4 Å². The average molecular weight is 488 g/mol. The Morgan fingerprint density at radius 2 is 1.94 bits per heavy atom. The van der Waals surface area contributed by atoms with Crippen LogP contribution >= 0.6 is 35.6 Å². The summed E-state index contributed by atoms with van der Waals surface area (Å²) in [5, 5.41) is 6.88. The standard InChI is InChI=1S/C23H28Cl2N2O3.ClH/c1-14(2)18-12-17(6-7-21(18)29-3)30-23-19(24)10-16(11-20(23)25)27-22(28)9-15-5-4-8-26-13-15;/h6-7,10-12,14-15,26H,4-5,8-9,13H2,1-3H3,(H,27,28);1H/t15-;/m1./s1. The lowest BCUT2D eigenvalue weighted by Gasteiger charge is -2.22. The molecule has 0 aromatic heterocycles. The number of hydrogen-bond acceptors (Lipinski definition) is 4. The van der Waals surface area contributed by atoms with Gasteiger partial charge in [-0.25, -0.2) is 0 Å². The Morgan fingerprint density at radius 3 is 2.52 bits per heavy atom. The molecule has 2 aromatic rings. The van der Waals surface area contributed by atoms with Crippen LogP contribution in [-0.4, -0.2) is 26.1 Å². The van der Waals surface area contributed by atoms with Crippen molar-refractivity contribution in [2.45, 2.75) is 39.0 Å². The molecule has 31 heavy (non-hydrogen) atoms. The van der Waals surface area contributed by atoms with Crippen molar-refractivity contribution in [3.05, 3.63) is 45.9 Å². The molecule has 0 aliphatic carbocycles. The van der Waals surface area contributed by atoms with Gasteiger partial charge in [-0.2, -0.15) is 0 Å². The van der Waals surface area contributed by atoms with E-state index in [1.165, 1.54) is 0 Å². The molecule has 1 aliphatic rings. The van der Waals surface area contributed by atoms with E-state index < -0.39 is 0 Å². The highest BCUT2D eigenvalue weighted by Gasteiger charge is 2.18. The molecule has 1 aliphatic heterocycles. The molecule has 1 fully saturated rings. The van der Waals surface area contributed by atoms with Crippen molar-refractivity contribution >= 4 is 47.2 Å². The number of nitrogens with one attached hydrogen (secondary N) is 2. The van der Waals surface area contributed by atoms with Gasteiger partial charge >= 0.3 is 0 Å². The van der Waals surface area contributed by atoms with Gasteiger partial charge < -0.3 is 20.1 Å². The van der Waals surface area contributed by atoms with Crippen molar-refractivity contribution < 1.29 is 14.3 Å². The summed E-state index contributed by atoms with van der Waals surface area (Å²) in [4.78, 5) is 12.4. The van der Waals surface area contributed by atoms with E-state index in [9.17, 15) is 4.79 Å². The van der Waals surface area contributed by atoms with Crippen LogP contribution < -0.4 is 20.1 Å². The molecule has 8 heteroatoms. The molecule has 1 heterocycles. The predicted molar refractivity (Wildman–Crippen MR) is 130 cm³/mol. The maximum atomic E-state index is 12.4. The first-order valence-electron chi connectivity index (χ1n) is 10.2. The van der Waals surface area contributed by atoms with Crippen LogP contribution in [0.25, 0.3) is 0 Å². The van der Waals surface area contributed by atoms with Gasteiger partial charge in [0, 0.05) is 17.7 Å². The molecule has 0 bridgehead atoms. The monoisotopic (exact) mass is 486 g/mol. The zero-order chi connectivity index (χ0) is 21.7. The minimum atomic E-state index is -0.0405. The summed E-state index contributed by atoms with van der Waals surface area (Å²) in [6.07, 6.45) is 2.64. The maximum Gasteiger partial charge on any atom is 0.224 e. The first-order chi connectivity index (χ1) is 14.4. The Balaban J connectivity index is 0.00000341. The van der Waals surface area contributed by atoms with E-state index in [-0.39, 0.29) is 24.2 Å². The number of hydrogen-bond donors (Lipinski definition) is 2. The summed E-state index contributed by atoms with van der Waals surface area (Å²) < 4.78 is 11.4. The van der Waals surface area contributed by atoms with Crippen molar-refractivity contribution in [2.75, 3.05) is 25.5 Å². The van der Waals surface area contributed by atoms with Crippen molar-refractivity contribution in [3.63, 3.8) is 0 Å². The summed E-state index contributed by atoms with van der Waals surface area (Å²) in [6, 6.07) is 8.91. The molecule has 2 N–H and O–H groups in total. The van der Waals surface area contributed by atoms with Gasteiger partial charge in [0.15, 0.2) is 5.75 Å². The first-order valence-corrected chi connectivity index (χ1v) is 11.0. The van der Waals surface area contributed by atoms with Crippen LogP contribution in [-0.2, 0) is 4.79 Å². The summed E-state index contributed by atoms with van der Waals surface area (Å²) in [6.45, 7) is 6.07. The van der Waals surface area contributed by atoms with Gasteiger partial charge in [0.25, 0.3) is 0 Å². The third kappa shape index (κ3) is 6.91. The van der Waals surface area contributed by atoms with E-state index >= 15 is 0 Å². The minimum Gasteiger partial charge on any atom is -0.496 e. The lowest BCUT2D eigenvalue weighted by molar-refractivity contribution is -0.117. The Bertz CT molecular complexity index is 877. The Kier molecular flexibility index (Phi) is 9.76. The third-order valence-corrected chi connectivity index (χ3v) is 5.76. The normalized spacial score (nSPS) is 15.9. The number of ether oxygens (including phenoxy) is 2. The van der Waals surface area contributed by atoms with Gasteiger partial charge in [0.2, 0.25) is 5.91 Å². The van der Waals surface area contributed by atoms with Crippen LogP contribution in [0.2, 0.25) is 10.0 Å². The topological polar surface area (TPSA) is 59.6 Å². The van der Waals surface area contributed by atoms with Crippen molar-refractivity contribution in [3.8, 4) is 17.2 Å². The largest absolute Gasteiger partial charge is 0.496 e. The third-order valence-electron chi connectivity index (χ3n) is 5.20. The lowest BCUT2D eigenvalue weighted by atomic mass is 9.96. The Morgan fingerprint density at radius 1 is 1.23 bits per heavy atom. The molecule has 0 unspecified atom stereocenters. The molecular formula is C23H29Cl3N2O3. The van der Waals surface area contributed by atoms with Gasteiger partial charge in [0.05, 0.1) is 17.2 Å². The van der Waals surface area contributed by atoms with E-state index in [1.807, 2.05) is 18.2 Å². The average Bonchev–Trinajstić information content (AvgIpc) is 2.71. The summed E-state index contributed by atoms with van der Waals surface area (Å²) >= 11 is 12.9. The molecule has 1 saturated heterocycles. The Labute approximate surface area is 200 Å². The van der Waals surface area contributed by atoms with Gasteiger partial charge in [-0.1, -0.05) is 37.0 Å². The summed E-state index contributed by atoms with van der Waals surface area (Å²) in [5.41, 5.74) is 1.59. The van der Waals surface area contributed by atoms with Gasteiger partial charge in [-0.3, -0.25) is 4.79 Å². The SMILES string of the molecule is COc1ccc(Oc2c(Cl)cc(NC(=O)C[C@H]3CCCNC3)cc2Cl)cc1C(C)C.Cl. The predicted octanol–water partition coefficient (Wildman–Crippen LogP) is 6.67. The van der Waals surface area contributed by atoms with E-state index in [2.05, 4.69) is 24.5 Å². The summed E-state index contributed by atoms with van der Waals surface area (Å²) in [5.74, 6) is 2.36. The number of benzene rings is 2. The number of methoxy groups -OCH3 is 1. The number of anilines is 1. The van der Waals surface area contributed by atoms with Crippen LogP contribution in [0.5, 0.6) is 17.2 Å². The minimum absolute atomic E-state index is 0. The lowest BCUT2D eigenvalue weighted by Crippen LogP contribution is -2.32. The second-order valence-electron chi connectivity index (χ2n) is 7.89. The van der Waals surface area contributed by atoms with E-state index in [1.54, 1.807) is 19.2 Å². The highest BCUT2D eigenvalue weighted by Crippen LogP contribution is 2.40. The molecule has 0 spiro atoms. The zero-order valence-corrected chi connectivity index (χ0v) is 20.3. The number of rotatable bonds is 7. The second-order valence-corrected chi connectivity index (χ2v) is 8.71. The zero-order valence-electron chi connectivity index (χ0n) is 18.0. The maximum absolute atomic E-state index is 12.4. The number of carbonyl (C=O) groups excluding carboxylic acids is 1. The smallest absolute Gasteiger partial charge is 0.224 e. The Hall–Kier alpha value is -1.66. The molecule has 1 amide bonds. The fraction of sp³-hybridized carbons (Fsp3) is 0.435. The first kappa shape index (κ1) is 25.6. The van der Waals surface area contributed by atoms with Crippen molar-refractivity contribution in [1.82, 2.24) is 5.32 Å². The number of piperidine rings is 1. The van der Waals surface area contributed by atoms with Crippen LogP contribution in [0.1, 0.15) is 44.6 Å². The van der Waals surface area contributed by atoms with Crippen LogP contribution in [0, 0.1) is 5.92 Å². The van der Waals surface area contributed by atoms with Crippen molar-refractivity contribution in [1.29, 1.82) is 0 Å². The molecule has 3 rings (SSSR count). The summed E-state index contributed by atoms with van der Waals surface area (Å²) in [7, 11) is 1.65. The van der Waals surface area contributed by atoms with E-state index in [0.29, 0.717) is 39.6 Å². The molecule has 2 aromatic carbocycles. The number of amides is 1. The molecule has 170 valence electrons. The van der Waals surface area contributed by atoms with Crippen molar-refractivity contribution in [2.24, 2.45) is 5.92 Å². The fourth-order valence-corrected chi connectivity index (χ4v) is 4.21. The van der Waals surface area contributed by atoms with Crippen LogP contribution in [0.3, 0.4) is 0 Å². The van der Waals surface area contributed by atoms with Crippen LogP contribution in [0.15, 0.2) is 30.3 Å². The molecule has 5 nitrogen and oxygen atoms in total. The second kappa shape index (κ2) is 11.8. The van der Waals surface area contributed by atoms with Gasteiger partial charge in [-0.05, 0) is 68.1 Å².